The summed E-state index contributed by atoms with van der Waals surface area (Å²) in [5.74, 6) is 0.426. The Bertz CT molecular complexity index is 890. The Labute approximate surface area is 160 Å². The molecule has 134 valence electrons. The SMILES string of the molecule is Cc1cc(C)nc(Nc2nc(CC(=O)NCc3ccc(Cl)cc3)cs2)n1. The molecule has 6 nitrogen and oxygen atoms in total. The van der Waals surface area contributed by atoms with Gasteiger partial charge in [-0.05, 0) is 37.6 Å². The number of hydrogen-bond acceptors (Lipinski definition) is 6. The monoisotopic (exact) mass is 387 g/mol. The highest BCUT2D eigenvalue weighted by Crippen LogP contribution is 2.19. The van der Waals surface area contributed by atoms with Crippen LogP contribution < -0.4 is 10.6 Å². The van der Waals surface area contributed by atoms with E-state index in [2.05, 4.69) is 25.6 Å². The smallest absolute Gasteiger partial charge is 0.229 e. The Balaban J connectivity index is 1.54. The molecular formula is C18H18ClN5OS. The molecule has 3 aromatic rings. The second-order valence-corrected chi connectivity index (χ2v) is 7.12. The Hall–Kier alpha value is -2.51. The molecule has 1 amide bonds. The van der Waals surface area contributed by atoms with Crippen LogP contribution in [0.3, 0.4) is 0 Å². The van der Waals surface area contributed by atoms with Gasteiger partial charge < -0.3 is 10.6 Å². The van der Waals surface area contributed by atoms with Crippen LogP contribution in [-0.2, 0) is 17.8 Å². The number of nitrogens with one attached hydrogen (secondary N) is 2. The molecule has 0 aliphatic carbocycles. The fourth-order valence-electron chi connectivity index (χ4n) is 2.35. The summed E-state index contributed by atoms with van der Waals surface area (Å²) >= 11 is 7.27. The van der Waals surface area contributed by atoms with E-state index in [1.165, 1.54) is 11.3 Å². The van der Waals surface area contributed by atoms with Crippen LogP contribution >= 0.6 is 22.9 Å². The fourth-order valence-corrected chi connectivity index (χ4v) is 3.18. The zero-order valence-corrected chi connectivity index (χ0v) is 16.0. The van der Waals surface area contributed by atoms with Gasteiger partial charge in [0.15, 0.2) is 5.13 Å². The van der Waals surface area contributed by atoms with E-state index in [9.17, 15) is 4.79 Å². The van der Waals surface area contributed by atoms with Gasteiger partial charge in [0.1, 0.15) is 0 Å². The van der Waals surface area contributed by atoms with Gasteiger partial charge in [0.2, 0.25) is 11.9 Å². The minimum absolute atomic E-state index is 0.0838. The molecule has 0 aliphatic heterocycles. The normalized spacial score (nSPS) is 10.6. The zero-order valence-electron chi connectivity index (χ0n) is 14.4. The molecule has 2 N–H and O–H groups in total. The first-order valence-corrected chi connectivity index (χ1v) is 9.28. The molecule has 0 unspecified atom stereocenters. The Kier molecular flexibility index (Phi) is 5.80. The lowest BCUT2D eigenvalue weighted by molar-refractivity contribution is -0.120. The third kappa shape index (κ3) is 5.24. The first-order chi connectivity index (χ1) is 12.5. The van der Waals surface area contributed by atoms with Crippen molar-refractivity contribution in [3.8, 4) is 0 Å². The zero-order chi connectivity index (χ0) is 18.5. The van der Waals surface area contributed by atoms with Crippen molar-refractivity contribution < 1.29 is 4.79 Å². The second-order valence-electron chi connectivity index (χ2n) is 5.82. The van der Waals surface area contributed by atoms with Gasteiger partial charge in [-0.3, -0.25) is 4.79 Å². The van der Waals surface area contributed by atoms with Gasteiger partial charge in [-0.1, -0.05) is 23.7 Å². The number of carbonyl (C=O) groups excluding carboxylic acids is 1. The molecule has 2 heterocycles. The van der Waals surface area contributed by atoms with Crippen molar-refractivity contribution in [3.05, 3.63) is 63.4 Å². The molecule has 0 saturated carbocycles. The number of hydrogen-bond donors (Lipinski definition) is 2. The largest absolute Gasteiger partial charge is 0.352 e. The van der Waals surface area contributed by atoms with Crippen LogP contribution in [0.15, 0.2) is 35.7 Å². The van der Waals surface area contributed by atoms with Gasteiger partial charge in [-0.25, -0.2) is 15.0 Å². The van der Waals surface area contributed by atoms with Crippen LogP contribution in [0.25, 0.3) is 0 Å². The summed E-state index contributed by atoms with van der Waals surface area (Å²) < 4.78 is 0. The van der Waals surface area contributed by atoms with E-state index in [0.29, 0.717) is 28.3 Å². The summed E-state index contributed by atoms with van der Waals surface area (Å²) in [4.78, 5) is 25.2. The molecule has 8 heteroatoms. The summed E-state index contributed by atoms with van der Waals surface area (Å²) in [5.41, 5.74) is 3.47. The van der Waals surface area contributed by atoms with E-state index >= 15 is 0 Å². The number of amides is 1. The molecule has 3 rings (SSSR count). The van der Waals surface area contributed by atoms with Crippen molar-refractivity contribution in [1.82, 2.24) is 20.3 Å². The molecule has 2 aromatic heterocycles. The second kappa shape index (κ2) is 8.25. The van der Waals surface area contributed by atoms with Gasteiger partial charge in [0.25, 0.3) is 0 Å². The molecule has 0 fully saturated rings. The van der Waals surface area contributed by atoms with Gasteiger partial charge in [-0.15, -0.1) is 11.3 Å². The molecule has 0 atom stereocenters. The van der Waals surface area contributed by atoms with E-state index < -0.39 is 0 Å². The predicted octanol–water partition coefficient (Wildman–Crippen LogP) is 3.81. The molecule has 26 heavy (non-hydrogen) atoms. The third-order valence-corrected chi connectivity index (χ3v) is 4.56. The highest BCUT2D eigenvalue weighted by molar-refractivity contribution is 7.13. The predicted molar refractivity (Wildman–Crippen MR) is 104 cm³/mol. The molecular weight excluding hydrogens is 370 g/mol. The fraction of sp³-hybridized carbons (Fsp3) is 0.222. The molecule has 0 bridgehead atoms. The van der Waals surface area contributed by atoms with E-state index in [0.717, 1.165) is 17.0 Å². The summed E-state index contributed by atoms with van der Waals surface area (Å²) in [7, 11) is 0. The van der Waals surface area contributed by atoms with Gasteiger partial charge in [-0.2, -0.15) is 0 Å². The van der Waals surface area contributed by atoms with E-state index in [1.807, 2.05) is 37.4 Å². The van der Waals surface area contributed by atoms with Crippen LogP contribution in [0.1, 0.15) is 22.6 Å². The lowest BCUT2D eigenvalue weighted by atomic mass is 10.2. The number of rotatable bonds is 6. The minimum atomic E-state index is -0.0838. The quantitative estimate of drug-likeness (QED) is 0.672. The summed E-state index contributed by atoms with van der Waals surface area (Å²) in [6.45, 7) is 4.29. The van der Waals surface area contributed by atoms with Crippen molar-refractivity contribution in [2.24, 2.45) is 0 Å². The van der Waals surface area contributed by atoms with E-state index in [1.54, 1.807) is 12.1 Å². The maximum Gasteiger partial charge on any atom is 0.229 e. The van der Waals surface area contributed by atoms with Crippen LogP contribution in [0.2, 0.25) is 5.02 Å². The highest BCUT2D eigenvalue weighted by Gasteiger charge is 2.09. The van der Waals surface area contributed by atoms with Gasteiger partial charge in [0.05, 0.1) is 12.1 Å². The van der Waals surface area contributed by atoms with Crippen LogP contribution in [-0.4, -0.2) is 20.9 Å². The maximum atomic E-state index is 12.1. The van der Waals surface area contributed by atoms with Crippen molar-refractivity contribution in [2.45, 2.75) is 26.8 Å². The van der Waals surface area contributed by atoms with Crippen molar-refractivity contribution in [1.29, 1.82) is 0 Å². The van der Waals surface area contributed by atoms with Crippen LogP contribution in [0.5, 0.6) is 0 Å². The standard InChI is InChI=1S/C18H18ClN5OS/c1-11-7-12(2)22-17(21-11)24-18-23-15(10-26-18)8-16(25)20-9-13-3-5-14(19)6-4-13/h3-7,10H,8-9H2,1-2H3,(H,20,25)(H,21,22,23,24). The maximum absolute atomic E-state index is 12.1. The molecule has 0 saturated heterocycles. The van der Waals surface area contributed by atoms with Gasteiger partial charge >= 0.3 is 0 Å². The average Bonchev–Trinajstić information content (AvgIpc) is 3.00. The Morgan fingerprint density at radius 2 is 1.81 bits per heavy atom. The number of nitrogens with zero attached hydrogens (tertiary/aromatic N) is 3. The Morgan fingerprint density at radius 3 is 2.50 bits per heavy atom. The lowest BCUT2D eigenvalue weighted by Crippen LogP contribution is -2.24. The molecule has 0 aliphatic rings. The summed E-state index contributed by atoms with van der Waals surface area (Å²) in [6, 6.07) is 9.28. The number of anilines is 2. The highest BCUT2D eigenvalue weighted by atomic mass is 35.5. The molecule has 1 aromatic carbocycles. The number of thiazole rings is 1. The van der Waals surface area contributed by atoms with Crippen molar-refractivity contribution in [3.63, 3.8) is 0 Å². The molecule has 0 radical (unpaired) electrons. The van der Waals surface area contributed by atoms with Crippen LogP contribution in [0.4, 0.5) is 11.1 Å². The van der Waals surface area contributed by atoms with Crippen molar-refractivity contribution >= 4 is 39.9 Å². The summed E-state index contributed by atoms with van der Waals surface area (Å²) in [6.07, 6.45) is 0.222. The average molecular weight is 388 g/mol. The Morgan fingerprint density at radius 1 is 1.12 bits per heavy atom. The number of aryl methyl sites for hydroxylation is 2. The topological polar surface area (TPSA) is 79.8 Å². The van der Waals surface area contributed by atoms with Crippen molar-refractivity contribution in [2.75, 3.05) is 5.32 Å². The van der Waals surface area contributed by atoms with Crippen LogP contribution in [0, 0.1) is 13.8 Å². The number of aromatic nitrogens is 3. The summed E-state index contributed by atoms with van der Waals surface area (Å²) in [5, 5.41) is 9.15. The third-order valence-electron chi connectivity index (χ3n) is 3.50. The number of halogens is 1. The minimum Gasteiger partial charge on any atom is -0.352 e. The molecule has 0 spiro atoms. The first-order valence-electron chi connectivity index (χ1n) is 8.03. The lowest BCUT2D eigenvalue weighted by Gasteiger charge is -2.04. The number of benzene rings is 1. The number of carbonyl (C=O) groups is 1. The first kappa shape index (κ1) is 18.3. The van der Waals surface area contributed by atoms with E-state index in [4.69, 9.17) is 11.6 Å². The van der Waals surface area contributed by atoms with Gasteiger partial charge in [0, 0.05) is 28.3 Å². The van der Waals surface area contributed by atoms with E-state index in [-0.39, 0.29) is 12.3 Å².